The number of rotatable bonds is 4. The smallest absolute Gasteiger partial charge is 0.410 e. The molecule has 2 aromatic rings. The average molecular weight is 405 g/mol. The summed E-state index contributed by atoms with van der Waals surface area (Å²) in [5.41, 5.74) is 0.876. The number of nitrogens with zero attached hydrogens (tertiary/aromatic N) is 2. The van der Waals surface area contributed by atoms with Gasteiger partial charge >= 0.3 is 6.09 Å². The van der Waals surface area contributed by atoms with E-state index in [9.17, 15) is 14.0 Å². The van der Waals surface area contributed by atoms with E-state index in [4.69, 9.17) is 4.74 Å². The largest absolute Gasteiger partial charge is 0.444 e. The predicted octanol–water partition coefficient (Wildman–Crippen LogP) is 4.15. The number of anilines is 1. The van der Waals surface area contributed by atoms with E-state index in [1.54, 1.807) is 23.1 Å². The molecule has 8 heteroatoms. The van der Waals surface area contributed by atoms with Crippen LogP contribution in [0.3, 0.4) is 0 Å². The fraction of sp³-hybridized carbons (Fsp3) is 0.450. The number of thiazole rings is 1. The second-order valence-electron chi connectivity index (χ2n) is 7.68. The van der Waals surface area contributed by atoms with Crippen LogP contribution in [0.5, 0.6) is 0 Å². The molecule has 0 fully saturated rings. The van der Waals surface area contributed by atoms with Crippen LogP contribution in [0.15, 0.2) is 24.3 Å². The van der Waals surface area contributed by atoms with Gasteiger partial charge < -0.3 is 15.0 Å². The van der Waals surface area contributed by atoms with Crippen LogP contribution >= 0.6 is 11.3 Å². The molecule has 1 aliphatic heterocycles. The number of aromatic nitrogens is 1. The SMILES string of the molecule is CC(C)(C)OC(=O)N1CCc2nc(NC(=O)CCc3ccccc3F)sc2C1. The molecule has 0 atom stereocenters. The lowest BCUT2D eigenvalue weighted by atomic mass is 10.1. The molecule has 0 radical (unpaired) electrons. The highest BCUT2D eigenvalue weighted by molar-refractivity contribution is 7.15. The van der Waals surface area contributed by atoms with E-state index in [1.807, 2.05) is 20.8 Å². The lowest BCUT2D eigenvalue weighted by molar-refractivity contribution is -0.116. The van der Waals surface area contributed by atoms with Gasteiger partial charge in [-0.3, -0.25) is 4.79 Å². The highest BCUT2D eigenvalue weighted by Crippen LogP contribution is 2.29. The standard InChI is InChI=1S/C20H24FN3O3S/c1-20(2,3)27-19(26)24-11-10-15-16(12-24)28-18(22-15)23-17(25)9-8-13-6-4-5-7-14(13)21/h4-7H,8-12H2,1-3H3,(H,22,23,25). The first-order valence-electron chi connectivity index (χ1n) is 9.21. The first kappa shape index (κ1) is 20.3. The number of nitrogens with one attached hydrogen (secondary N) is 1. The fourth-order valence-electron chi connectivity index (χ4n) is 2.86. The summed E-state index contributed by atoms with van der Waals surface area (Å²) in [5.74, 6) is -0.513. The summed E-state index contributed by atoms with van der Waals surface area (Å²) in [7, 11) is 0. The minimum absolute atomic E-state index is 0.176. The molecule has 28 heavy (non-hydrogen) atoms. The molecule has 1 aromatic carbocycles. The second-order valence-corrected chi connectivity index (χ2v) is 8.76. The Morgan fingerprint density at radius 1 is 1.32 bits per heavy atom. The molecule has 150 valence electrons. The first-order valence-corrected chi connectivity index (χ1v) is 10.0. The highest BCUT2D eigenvalue weighted by atomic mass is 32.1. The molecule has 1 aliphatic rings. The van der Waals surface area contributed by atoms with E-state index in [0.29, 0.717) is 36.6 Å². The topological polar surface area (TPSA) is 71.5 Å². The Hall–Kier alpha value is -2.48. The van der Waals surface area contributed by atoms with Crippen molar-refractivity contribution >= 4 is 28.5 Å². The number of amides is 2. The zero-order valence-corrected chi connectivity index (χ0v) is 17.1. The van der Waals surface area contributed by atoms with Crippen LogP contribution in [-0.2, 0) is 28.9 Å². The van der Waals surface area contributed by atoms with Crippen molar-refractivity contribution in [3.63, 3.8) is 0 Å². The van der Waals surface area contributed by atoms with Crippen LogP contribution in [0, 0.1) is 5.82 Å². The highest BCUT2D eigenvalue weighted by Gasteiger charge is 2.28. The van der Waals surface area contributed by atoms with Gasteiger partial charge in [-0.1, -0.05) is 29.5 Å². The van der Waals surface area contributed by atoms with Crippen LogP contribution < -0.4 is 5.32 Å². The van der Waals surface area contributed by atoms with Crippen LogP contribution in [0.25, 0.3) is 0 Å². The summed E-state index contributed by atoms with van der Waals surface area (Å²) >= 11 is 1.36. The summed E-state index contributed by atoms with van der Waals surface area (Å²) < 4.78 is 19.1. The second kappa shape index (κ2) is 8.26. The van der Waals surface area contributed by atoms with Crippen molar-refractivity contribution in [1.82, 2.24) is 9.88 Å². The molecule has 0 saturated heterocycles. The Balaban J connectivity index is 1.56. The zero-order valence-electron chi connectivity index (χ0n) is 16.3. The number of fused-ring (bicyclic) bond motifs is 1. The van der Waals surface area contributed by atoms with E-state index >= 15 is 0 Å². The molecule has 1 N–H and O–H groups in total. The van der Waals surface area contributed by atoms with Crippen molar-refractivity contribution in [1.29, 1.82) is 0 Å². The number of carbonyl (C=O) groups excluding carboxylic acids is 2. The van der Waals surface area contributed by atoms with Gasteiger partial charge in [-0.25, -0.2) is 14.2 Å². The summed E-state index contributed by atoms with van der Waals surface area (Å²) in [5, 5.41) is 3.29. The van der Waals surface area contributed by atoms with E-state index in [2.05, 4.69) is 10.3 Å². The molecule has 0 bridgehead atoms. The van der Waals surface area contributed by atoms with Gasteiger partial charge in [0.1, 0.15) is 11.4 Å². The molecule has 0 saturated carbocycles. The maximum atomic E-state index is 13.6. The molecule has 2 heterocycles. The molecular weight excluding hydrogens is 381 g/mol. The van der Waals surface area contributed by atoms with Crippen molar-refractivity contribution in [3.8, 4) is 0 Å². The van der Waals surface area contributed by atoms with Gasteiger partial charge in [0.05, 0.1) is 12.2 Å². The van der Waals surface area contributed by atoms with Gasteiger partial charge in [0.25, 0.3) is 0 Å². The van der Waals surface area contributed by atoms with Crippen molar-refractivity contribution < 1.29 is 18.7 Å². The quantitative estimate of drug-likeness (QED) is 0.830. The molecule has 1 aromatic heterocycles. The maximum Gasteiger partial charge on any atom is 0.410 e. The van der Waals surface area contributed by atoms with Crippen molar-refractivity contribution in [2.75, 3.05) is 11.9 Å². The molecule has 2 amide bonds. The monoisotopic (exact) mass is 405 g/mol. The minimum Gasteiger partial charge on any atom is -0.444 e. The summed E-state index contributed by atoms with van der Waals surface area (Å²) in [6.07, 6.45) is 0.781. The molecule has 0 spiro atoms. The number of carbonyl (C=O) groups is 2. The van der Waals surface area contributed by atoms with Crippen LogP contribution in [0.1, 0.15) is 43.3 Å². The fourth-order valence-corrected chi connectivity index (χ4v) is 3.90. The van der Waals surface area contributed by atoms with Crippen LogP contribution in [0.4, 0.5) is 14.3 Å². The van der Waals surface area contributed by atoms with Crippen LogP contribution in [-0.4, -0.2) is 34.0 Å². The maximum absolute atomic E-state index is 13.6. The molecule has 0 unspecified atom stereocenters. The average Bonchev–Trinajstić information content (AvgIpc) is 3.00. The Bertz CT molecular complexity index is 876. The Morgan fingerprint density at radius 2 is 2.07 bits per heavy atom. The van der Waals surface area contributed by atoms with Gasteiger partial charge in [-0.15, -0.1) is 0 Å². The van der Waals surface area contributed by atoms with Crippen molar-refractivity contribution in [3.05, 3.63) is 46.2 Å². The third-order valence-corrected chi connectivity index (χ3v) is 5.21. The van der Waals surface area contributed by atoms with Crippen molar-refractivity contribution in [2.24, 2.45) is 0 Å². The summed E-state index contributed by atoms with van der Waals surface area (Å²) in [6, 6.07) is 6.44. The van der Waals surface area contributed by atoms with Gasteiger partial charge in [0.15, 0.2) is 5.13 Å². The van der Waals surface area contributed by atoms with Crippen molar-refractivity contribution in [2.45, 2.75) is 52.2 Å². The minimum atomic E-state index is -0.539. The third kappa shape index (κ3) is 5.28. The molecular formula is C20H24FN3O3S. The van der Waals surface area contributed by atoms with E-state index in [0.717, 1.165) is 10.6 Å². The third-order valence-electron chi connectivity index (χ3n) is 4.21. The Kier molecular flexibility index (Phi) is 5.98. The predicted molar refractivity (Wildman–Crippen MR) is 106 cm³/mol. The lowest BCUT2D eigenvalue weighted by Gasteiger charge is -2.29. The van der Waals surface area contributed by atoms with Gasteiger partial charge in [0.2, 0.25) is 5.91 Å². The molecule has 6 nitrogen and oxygen atoms in total. The number of ether oxygens (including phenoxy) is 1. The van der Waals surface area contributed by atoms with Crippen LogP contribution in [0.2, 0.25) is 0 Å². The Morgan fingerprint density at radius 3 is 2.79 bits per heavy atom. The van der Waals surface area contributed by atoms with E-state index < -0.39 is 5.60 Å². The number of hydrogen-bond acceptors (Lipinski definition) is 5. The Labute approximate surface area is 167 Å². The van der Waals surface area contributed by atoms with E-state index in [1.165, 1.54) is 17.4 Å². The number of halogens is 1. The normalized spacial score (nSPS) is 13.8. The zero-order chi connectivity index (χ0) is 20.3. The number of benzene rings is 1. The molecule has 0 aliphatic carbocycles. The number of hydrogen-bond donors (Lipinski definition) is 1. The summed E-state index contributed by atoms with van der Waals surface area (Å²) in [6.45, 7) is 6.46. The lowest BCUT2D eigenvalue weighted by Crippen LogP contribution is -2.39. The van der Waals surface area contributed by atoms with Gasteiger partial charge in [-0.2, -0.15) is 0 Å². The van der Waals surface area contributed by atoms with Gasteiger partial charge in [0, 0.05) is 24.3 Å². The van der Waals surface area contributed by atoms with Gasteiger partial charge in [-0.05, 0) is 38.8 Å². The molecule has 3 rings (SSSR count). The van der Waals surface area contributed by atoms with E-state index in [-0.39, 0.29) is 24.2 Å². The first-order chi connectivity index (χ1) is 13.2. The summed E-state index contributed by atoms with van der Waals surface area (Å²) in [4.78, 5) is 31.5. The number of aryl methyl sites for hydroxylation is 1.